The number of nitrogens with one attached hydrogen (secondary N) is 1. The minimum atomic E-state index is -4.60. The number of hydrogen-bond donors (Lipinski definition) is 1. The van der Waals surface area contributed by atoms with E-state index in [1.54, 1.807) is 11.8 Å². The number of rotatable bonds is 8. The smallest absolute Gasteiger partial charge is 0.408 e. The number of halogens is 5. The van der Waals surface area contributed by atoms with Gasteiger partial charge in [0, 0.05) is 29.4 Å². The van der Waals surface area contributed by atoms with E-state index in [4.69, 9.17) is 4.74 Å². The maximum atomic E-state index is 14.1. The van der Waals surface area contributed by atoms with Crippen molar-refractivity contribution < 1.29 is 36.3 Å². The molecule has 2 aliphatic rings. The zero-order valence-corrected chi connectivity index (χ0v) is 20.4. The van der Waals surface area contributed by atoms with E-state index in [9.17, 15) is 31.5 Å². The number of alkyl halides is 5. The van der Waals surface area contributed by atoms with Gasteiger partial charge < -0.3 is 15.0 Å². The van der Waals surface area contributed by atoms with E-state index in [0.717, 1.165) is 49.3 Å². The number of esters is 1. The highest BCUT2D eigenvalue weighted by Crippen LogP contribution is 2.42. The molecule has 36 heavy (non-hydrogen) atoms. The minimum absolute atomic E-state index is 0.00608. The number of amides is 1. The molecular weight excluding hydrogens is 507 g/mol. The highest BCUT2D eigenvalue weighted by atomic mass is 32.1. The summed E-state index contributed by atoms with van der Waals surface area (Å²) in [6, 6.07) is -1.08. The van der Waals surface area contributed by atoms with Crippen LogP contribution in [0.5, 0.6) is 0 Å². The van der Waals surface area contributed by atoms with Gasteiger partial charge in [-0.1, -0.05) is 6.92 Å². The molecule has 7 nitrogen and oxygen atoms in total. The molecule has 0 saturated carbocycles. The monoisotopic (exact) mass is 532 g/mol. The molecule has 4 heterocycles. The quantitative estimate of drug-likeness (QED) is 0.340. The number of thiazole rings is 1. The lowest BCUT2D eigenvalue weighted by atomic mass is 10.0. The molecule has 4 rings (SSSR count). The maximum absolute atomic E-state index is 14.1. The predicted octanol–water partition coefficient (Wildman–Crippen LogP) is 5.84. The number of ether oxygens (including phenoxy) is 1. The molecule has 0 aliphatic carbocycles. The zero-order valence-electron chi connectivity index (χ0n) is 19.6. The summed E-state index contributed by atoms with van der Waals surface area (Å²) in [5, 5.41) is 1.98. The van der Waals surface area contributed by atoms with E-state index in [0.29, 0.717) is 0 Å². The van der Waals surface area contributed by atoms with Crippen LogP contribution in [-0.4, -0.2) is 57.7 Å². The first-order valence-electron chi connectivity index (χ1n) is 11.7. The van der Waals surface area contributed by atoms with Crippen molar-refractivity contribution in [3.8, 4) is 10.4 Å². The fourth-order valence-corrected chi connectivity index (χ4v) is 5.79. The molecule has 1 atom stereocenters. The van der Waals surface area contributed by atoms with Gasteiger partial charge in [0.15, 0.2) is 0 Å². The van der Waals surface area contributed by atoms with Gasteiger partial charge in [-0.2, -0.15) is 13.2 Å². The fourth-order valence-electron chi connectivity index (χ4n) is 4.81. The number of nitrogens with zero attached hydrogens (tertiary/aromatic N) is 3. The molecule has 0 spiro atoms. The molecule has 2 bridgehead atoms. The number of aromatic nitrogens is 2. The molecule has 0 unspecified atom stereocenters. The Labute approximate surface area is 208 Å². The van der Waals surface area contributed by atoms with E-state index in [-0.39, 0.29) is 52.1 Å². The second kappa shape index (κ2) is 10.3. The molecule has 13 heteroatoms. The van der Waals surface area contributed by atoms with Crippen LogP contribution in [0.1, 0.15) is 78.2 Å². The third-order valence-corrected chi connectivity index (χ3v) is 7.58. The van der Waals surface area contributed by atoms with Crippen molar-refractivity contribution in [1.82, 2.24) is 14.9 Å². The Kier molecular flexibility index (Phi) is 7.48. The Balaban J connectivity index is 1.77. The predicted molar refractivity (Wildman–Crippen MR) is 122 cm³/mol. The van der Waals surface area contributed by atoms with Crippen molar-refractivity contribution in [2.75, 3.05) is 11.9 Å². The Hall–Kier alpha value is -2.83. The molecule has 1 N–H and O–H groups in total. The van der Waals surface area contributed by atoms with Gasteiger partial charge in [0.25, 0.3) is 12.3 Å². The summed E-state index contributed by atoms with van der Waals surface area (Å²) in [6.45, 7) is 2.95. The molecule has 2 saturated heterocycles. The van der Waals surface area contributed by atoms with Crippen molar-refractivity contribution in [3.63, 3.8) is 0 Å². The van der Waals surface area contributed by atoms with Crippen LogP contribution in [0.4, 0.5) is 27.8 Å². The lowest BCUT2D eigenvalue weighted by molar-refractivity contribution is -0.142. The topological polar surface area (TPSA) is 84.4 Å². The molecule has 2 aromatic heterocycles. The molecule has 2 aliphatic heterocycles. The highest BCUT2D eigenvalue weighted by Gasteiger charge is 2.44. The first-order valence-corrected chi connectivity index (χ1v) is 12.5. The Bertz CT molecular complexity index is 1120. The van der Waals surface area contributed by atoms with Crippen LogP contribution in [0.25, 0.3) is 10.4 Å². The van der Waals surface area contributed by atoms with Crippen LogP contribution in [0, 0.1) is 0 Å². The lowest BCUT2D eigenvalue weighted by Crippen LogP contribution is -2.36. The van der Waals surface area contributed by atoms with Crippen LogP contribution in [-0.2, 0) is 4.74 Å². The summed E-state index contributed by atoms with van der Waals surface area (Å²) in [5.74, 6) is -1.64. The standard InChI is InChI=1S/C23H25F5N4O3S/c1-3-15(23(26,27)28)30-16-9-13(19(24)25)14(10-29-16)18-17(31-20(36-18)22(34)35-4-2)21(33)32-11-5-6-12(32)8-7-11/h9-12,15,19H,3-8H2,1-2H3,(H,29,30)/t11?,12?,15-/m0/s1. The van der Waals surface area contributed by atoms with Gasteiger partial charge in [-0.25, -0.2) is 23.5 Å². The third kappa shape index (κ3) is 5.02. The van der Waals surface area contributed by atoms with Gasteiger partial charge in [0.05, 0.1) is 11.5 Å². The van der Waals surface area contributed by atoms with Crippen molar-refractivity contribution in [2.24, 2.45) is 0 Å². The maximum Gasteiger partial charge on any atom is 0.408 e. The average molecular weight is 533 g/mol. The van der Waals surface area contributed by atoms with Crippen molar-refractivity contribution >= 4 is 29.0 Å². The third-order valence-electron chi connectivity index (χ3n) is 6.51. The van der Waals surface area contributed by atoms with Gasteiger partial charge in [0.1, 0.15) is 17.6 Å². The first-order chi connectivity index (χ1) is 17.0. The van der Waals surface area contributed by atoms with Gasteiger partial charge >= 0.3 is 12.1 Å². The summed E-state index contributed by atoms with van der Waals surface area (Å²) < 4.78 is 72.8. The van der Waals surface area contributed by atoms with Crippen LogP contribution in [0.2, 0.25) is 0 Å². The van der Waals surface area contributed by atoms with Gasteiger partial charge in [-0.05, 0) is 45.1 Å². The van der Waals surface area contributed by atoms with Gasteiger partial charge in [-0.15, -0.1) is 11.3 Å². The van der Waals surface area contributed by atoms with E-state index in [1.165, 1.54) is 6.92 Å². The van der Waals surface area contributed by atoms with Crippen molar-refractivity contribution in [2.45, 2.75) is 76.7 Å². The van der Waals surface area contributed by atoms with E-state index in [2.05, 4.69) is 15.3 Å². The summed E-state index contributed by atoms with van der Waals surface area (Å²) in [7, 11) is 0. The molecule has 2 aromatic rings. The number of carbonyl (C=O) groups is 2. The van der Waals surface area contributed by atoms with Crippen LogP contribution in [0.15, 0.2) is 12.3 Å². The summed E-state index contributed by atoms with van der Waals surface area (Å²) in [4.78, 5) is 35.7. The normalized spacial score (nSPS) is 20.2. The number of carbonyl (C=O) groups excluding carboxylic acids is 2. The van der Waals surface area contributed by atoms with Crippen molar-refractivity contribution in [1.29, 1.82) is 0 Å². The molecule has 1 amide bonds. The van der Waals surface area contributed by atoms with Crippen LogP contribution >= 0.6 is 11.3 Å². The summed E-state index contributed by atoms with van der Waals surface area (Å²) in [5.41, 5.74) is -0.950. The second-order valence-electron chi connectivity index (χ2n) is 8.70. The summed E-state index contributed by atoms with van der Waals surface area (Å²) >= 11 is 0.724. The zero-order chi connectivity index (χ0) is 26.2. The molecule has 0 radical (unpaired) electrons. The molecule has 0 aromatic carbocycles. The Morgan fingerprint density at radius 1 is 1.19 bits per heavy atom. The van der Waals surface area contributed by atoms with Crippen LogP contribution in [0.3, 0.4) is 0 Å². The Morgan fingerprint density at radius 3 is 2.36 bits per heavy atom. The number of pyridine rings is 1. The van der Waals surface area contributed by atoms with E-state index < -0.39 is 36.1 Å². The second-order valence-corrected chi connectivity index (χ2v) is 9.70. The SMILES string of the molecule is CCOC(=O)c1nc(C(=O)N2C3CCC2CC3)c(-c2cnc(N[C@@H](CC)C(F)(F)F)cc2C(F)F)s1. The lowest BCUT2D eigenvalue weighted by Gasteiger charge is -2.22. The first kappa shape index (κ1) is 26.2. The van der Waals surface area contributed by atoms with E-state index >= 15 is 0 Å². The highest BCUT2D eigenvalue weighted by molar-refractivity contribution is 7.17. The molecule has 196 valence electrons. The van der Waals surface area contributed by atoms with Gasteiger partial charge in [-0.3, -0.25) is 4.79 Å². The number of fused-ring (bicyclic) bond motifs is 2. The fraction of sp³-hybridized carbons (Fsp3) is 0.565. The Morgan fingerprint density at radius 2 is 1.83 bits per heavy atom. The molecule has 2 fully saturated rings. The largest absolute Gasteiger partial charge is 0.461 e. The van der Waals surface area contributed by atoms with Crippen LogP contribution < -0.4 is 5.32 Å². The average Bonchev–Trinajstić information content (AvgIpc) is 3.56. The summed E-state index contributed by atoms with van der Waals surface area (Å²) in [6.07, 6.45) is -3.68. The van der Waals surface area contributed by atoms with Crippen molar-refractivity contribution in [3.05, 3.63) is 28.5 Å². The van der Waals surface area contributed by atoms with Gasteiger partial charge in [0.2, 0.25) is 5.01 Å². The minimum Gasteiger partial charge on any atom is -0.461 e. The number of hydrogen-bond acceptors (Lipinski definition) is 7. The van der Waals surface area contributed by atoms with E-state index in [1.807, 2.05) is 0 Å². The number of anilines is 1. The molecular formula is C23H25F5N4O3S.